The van der Waals surface area contributed by atoms with Crippen LogP contribution in [0.5, 0.6) is 0 Å². The number of sulfonamides is 1. The third kappa shape index (κ3) is 3.44. The Morgan fingerprint density at radius 3 is 2.50 bits per heavy atom. The van der Waals surface area contributed by atoms with E-state index in [2.05, 4.69) is 9.82 Å². The Morgan fingerprint density at radius 2 is 1.92 bits per heavy atom. The quantitative estimate of drug-likeness (QED) is 0.691. The molecule has 126 valence electrons. The smallest absolute Gasteiger partial charge is 0.264 e. The molecule has 1 N–H and O–H groups in total. The van der Waals surface area contributed by atoms with Crippen LogP contribution in [0.25, 0.3) is 5.69 Å². The summed E-state index contributed by atoms with van der Waals surface area (Å²) in [6.07, 6.45) is 0. The summed E-state index contributed by atoms with van der Waals surface area (Å²) in [5, 5.41) is 4.40. The highest BCUT2D eigenvalue weighted by Gasteiger charge is 2.21. The lowest BCUT2D eigenvalue weighted by Gasteiger charge is -2.10. The van der Waals surface area contributed by atoms with E-state index in [1.807, 2.05) is 26.0 Å². The number of hydrogen-bond acceptors (Lipinski definition) is 4. The van der Waals surface area contributed by atoms with Gasteiger partial charge < -0.3 is 0 Å². The summed E-state index contributed by atoms with van der Waals surface area (Å²) < 4.78 is 29.7. The average Bonchev–Trinajstić information content (AvgIpc) is 3.00. The van der Waals surface area contributed by atoms with E-state index < -0.39 is 10.0 Å². The lowest BCUT2D eigenvalue weighted by atomic mass is 10.3. The van der Waals surface area contributed by atoms with Crippen LogP contribution in [-0.4, -0.2) is 18.2 Å². The van der Waals surface area contributed by atoms with Gasteiger partial charge in [-0.15, -0.1) is 11.3 Å². The maximum absolute atomic E-state index is 12.5. The van der Waals surface area contributed by atoms with Gasteiger partial charge in [0, 0.05) is 5.69 Å². The van der Waals surface area contributed by atoms with Crippen molar-refractivity contribution in [2.24, 2.45) is 0 Å². The molecule has 3 rings (SSSR count). The van der Waals surface area contributed by atoms with Gasteiger partial charge in [-0.05, 0) is 44.2 Å². The highest BCUT2D eigenvalue weighted by Crippen LogP contribution is 2.35. The molecule has 1 aromatic carbocycles. The molecule has 5 nitrogen and oxygen atoms in total. The third-order valence-electron chi connectivity index (χ3n) is 3.27. The van der Waals surface area contributed by atoms with E-state index in [4.69, 9.17) is 23.2 Å². The minimum Gasteiger partial charge on any atom is -0.279 e. The van der Waals surface area contributed by atoms with Crippen LogP contribution in [0, 0.1) is 13.8 Å². The molecule has 2 heterocycles. The fraction of sp³-hybridized carbons (Fsp3) is 0.133. The summed E-state index contributed by atoms with van der Waals surface area (Å²) in [5.74, 6) is 0. The summed E-state index contributed by atoms with van der Waals surface area (Å²) in [7, 11) is -3.81. The van der Waals surface area contributed by atoms with E-state index in [0.717, 1.165) is 28.4 Å². The first-order valence-corrected chi connectivity index (χ1v) is 9.93. The summed E-state index contributed by atoms with van der Waals surface area (Å²) in [6, 6.07) is 10.3. The molecule has 0 saturated heterocycles. The maximum atomic E-state index is 12.5. The molecule has 0 aliphatic heterocycles. The standard InChI is InChI=1S/C15H13Cl2N3O2S2/c1-9-6-10(2)20(18-9)12-5-3-4-11(7-12)19-24(21,22)13-8-14(16)23-15(13)17/h3-8,19H,1-2H3. The lowest BCUT2D eigenvalue weighted by molar-refractivity contribution is 0.601. The van der Waals surface area contributed by atoms with E-state index in [-0.39, 0.29) is 9.23 Å². The number of benzene rings is 1. The van der Waals surface area contributed by atoms with Gasteiger partial charge >= 0.3 is 0 Å². The van der Waals surface area contributed by atoms with Crippen LogP contribution in [0.1, 0.15) is 11.4 Å². The Morgan fingerprint density at radius 1 is 1.17 bits per heavy atom. The molecule has 2 aromatic heterocycles. The molecule has 0 aliphatic rings. The molecule has 0 amide bonds. The van der Waals surface area contributed by atoms with Crippen molar-refractivity contribution in [1.29, 1.82) is 0 Å². The predicted octanol–water partition coefficient (Wildman–Crippen LogP) is 4.66. The summed E-state index contributed by atoms with van der Waals surface area (Å²) >= 11 is 12.8. The number of rotatable bonds is 4. The fourth-order valence-corrected chi connectivity index (χ4v) is 5.51. The number of aromatic nitrogens is 2. The minimum absolute atomic E-state index is 0.0318. The van der Waals surface area contributed by atoms with Crippen LogP contribution in [-0.2, 0) is 10.0 Å². The van der Waals surface area contributed by atoms with Crippen molar-refractivity contribution >= 4 is 50.2 Å². The zero-order valence-corrected chi connectivity index (χ0v) is 15.9. The van der Waals surface area contributed by atoms with E-state index in [0.29, 0.717) is 10.0 Å². The minimum atomic E-state index is -3.81. The number of hydrogen-bond donors (Lipinski definition) is 1. The van der Waals surface area contributed by atoms with Crippen molar-refractivity contribution in [1.82, 2.24) is 9.78 Å². The number of nitrogens with zero attached hydrogens (tertiary/aromatic N) is 2. The van der Waals surface area contributed by atoms with Crippen LogP contribution in [0.3, 0.4) is 0 Å². The number of aryl methyl sites for hydroxylation is 2. The molecule has 9 heteroatoms. The maximum Gasteiger partial charge on any atom is 0.264 e. The number of nitrogens with one attached hydrogen (secondary N) is 1. The van der Waals surface area contributed by atoms with Crippen molar-refractivity contribution in [3.05, 3.63) is 56.5 Å². The third-order valence-corrected chi connectivity index (χ3v) is 6.40. The van der Waals surface area contributed by atoms with Gasteiger partial charge in [-0.3, -0.25) is 4.72 Å². The molecule has 0 atom stereocenters. The monoisotopic (exact) mass is 401 g/mol. The van der Waals surface area contributed by atoms with Crippen LogP contribution in [0.15, 0.2) is 41.3 Å². The molecule has 0 aliphatic carbocycles. The van der Waals surface area contributed by atoms with Crippen LogP contribution in [0.4, 0.5) is 5.69 Å². The molecule has 0 spiro atoms. The Balaban J connectivity index is 1.95. The first-order valence-electron chi connectivity index (χ1n) is 6.87. The zero-order chi connectivity index (χ0) is 17.5. The lowest BCUT2D eigenvalue weighted by Crippen LogP contribution is -2.13. The van der Waals surface area contributed by atoms with Gasteiger partial charge in [0.2, 0.25) is 0 Å². The Kier molecular flexibility index (Phi) is 4.61. The molecule has 0 bridgehead atoms. The largest absolute Gasteiger partial charge is 0.279 e. The molecular weight excluding hydrogens is 389 g/mol. The molecule has 3 aromatic rings. The molecule has 0 unspecified atom stereocenters. The topological polar surface area (TPSA) is 64.0 Å². The van der Waals surface area contributed by atoms with E-state index in [1.54, 1.807) is 22.9 Å². The average molecular weight is 402 g/mol. The van der Waals surface area contributed by atoms with Crippen molar-refractivity contribution < 1.29 is 8.42 Å². The highest BCUT2D eigenvalue weighted by molar-refractivity contribution is 7.93. The molecule has 0 radical (unpaired) electrons. The molecule has 24 heavy (non-hydrogen) atoms. The van der Waals surface area contributed by atoms with Gasteiger partial charge in [0.05, 0.1) is 21.4 Å². The number of anilines is 1. The molecule has 0 fully saturated rings. The van der Waals surface area contributed by atoms with Crippen molar-refractivity contribution in [3.63, 3.8) is 0 Å². The summed E-state index contributed by atoms with van der Waals surface area (Å²) in [6.45, 7) is 3.84. The summed E-state index contributed by atoms with van der Waals surface area (Å²) in [4.78, 5) is -0.0318. The predicted molar refractivity (Wildman–Crippen MR) is 98.2 cm³/mol. The highest BCUT2D eigenvalue weighted by atomic mass is 35.5. The van der Waals surface area contributed by atoms with E-state index in [1.165, 1.54) is 6.07 Å². The van der Waals surface area contributed by atoms with Gasteiger partial charge in [-0.2, -0.15) is 5.10 Å². The van der Waals surface area contributed by atoms with Gasteiger partial charge in [-0.25, -0.2) is 13.1 Å². The fourth-order valence-electron chi connectivity index (χ4n) is 2.31. The molecule has 0 saturated carbocycles. The van der Waals surface area contributed by atoms with Crippen LogP contribution in [0.2, 0.25) is 8.67 Å². The van der Waals surface area contributed by atoms with Crippen LogP contribution >= 0.6 is 34.5 Å². The van der Waals surface area contributed by atoms with Gasteiger partial charge in [0.15, 0.2) is 0 Å². The van der Waals surface area contributed by atoms with E-state index in [9.17, 15) is 8.42 Å². The van der Waals surface area contributed by atoms with Gasteiger partial charge in [-0.1, -0.05) is 29.3 Å². The molecular formula is C15H13Cl2N3O2S2. The Labute approximate surface area is 153 Å². The Hall–Kier alpha value is -1.54. The zero-order valence-electron chi connectivity index (χ0n) is 12.7. The van der Waals surface area contributed by atoms with Crippen molar-refractivity contribution in [2.45, 2.75) is 18.7 Å². The van der Waals surface area contributed by atoms with E-state index >= 15 is 0 Å². The normalized spacial score (nSPS) is 11.7. The Bertz CT molecular complexity index is 1010. The van der Waals surface area contributed by atoms with Crippen molar-refractivity contribution in [2.75, 3.05) is 4.72 Å². The number of halogens is 2. The first kappa shape index (κ1) is 17.3. The van der Waals surface area contributed by atoms with Gasteiger partial charge in [0.25, 0.3) is 10.0 Å². The SMILES string of the molecule is Cc1cc(C)n(-c2cccc(NS(=O)(=O)c3cc(Cl)sc3Cl)c2)n1. The second-order valence-electron chi connectivity index (χ2n) is 5.18. The second-order valence-corrected chi connectivity index (χ2v) is 9.12. The summed E-state index contributed by atoms with van der Waals surface area (Å²) in [5.41, 5.74) is 3.02. The van der Waals surface area contributed by atoms with Gasteiger partial charge in [0.1, 0.15) is 9.23 Å². The van der Waals surface area contributed by atoms with Crippen molar-refractivity contribution in [3.8, 4) is 5.69 Å². The first-order chi connectivity index (χ1) is 11.3. The second kappa shape index (κ2) is 6.40. The number of thiophene rings is 1. The van der Waals surface area contributed by atoms with Crippen LogP contribution < -0.4 is 4.72 Å².